The van der Waals surface area contributed by atoms with E-state index >= 15 is 0 Å². The van der Waals surface area contributed by atoms with Crippen LogP contribution in [0.2, 0.25) is 0 Å². The van der Waals surface area contributed by atoms with Gasteiger partial charge in [-0.3, -0.25) is 10.1 Å². The third-order valence-electron chi connectivity index (χ3n) is 3.22. The number of carbonyl (C=O) groups excluding carboxylic acids is 1. The molecule has 0 spiro atoms. The van der Waals surface area contributed by atoms with Gasteiger partial charge in [-0.15, -0.1) is 0 Å². The van der Waals surface area contributed by atoms with Gasteiger partial charge in [0, 0.05) is 5.56 Å². The van der Waals surface area contributed by atoms with Crippen LogP contribution in [0.15, 0.2) is 53.1 Å². The molecule has 122 valence electrons. The third-order valence-corrected chi connectivity index (χ3v) is 3.22. The molecule has 0 aliphatic carbocycles. The maximum atomic E-state index is 12.9. The number of carbonyl (C=O) groups is 1. The summed E-state index contributed by atoms with van der Waals surface area (Å²) in [6.45, 7) is 1.71. The molecule has 24 heavy (non-hydrogen) atoms. The van der Waals surface area contributed by atoms with Crippen molar-refractivity contribution in [2.24, 2.45) is 0 Å². The molecule has 0 bridgehead atoms. The van der Waals surface area contributed by atoms with Crippen molar-refractivity contribution in [3.8, 4) is 17.2 Å². The predicted octanol–water partition coefficient (Wildman–Crippen LogP) is 3.20. The summed E-state index contributed by atoms with van der Waals surface area (Å²) in [6.07, 6.45) is 0. The Balaban J connectivity index is 1.59. The number of nitrogens with zero attached hydrogens (tertiary/aromatic N) is 2. The molecule has 1 heterocycles. The molecule has 6 nitrogen and oxygen atoms in total. The van der Waals surface area contributed by atoms with Gasteiger partial charge in [0.15, 0.2) is 6.61 Å². The fraction of sp³-hybridized carbons (Fsp3) is 0.118. The topological polar surface area (TPSA) is 77.2 Å². The normalized spacial score (nSPS) is 10.4. The van der Waals surface area contributed by atoms with Crippen LogP contribution >= 0.6 is 0 Å². The van der Waals surface area contributed by atoms with Gasteiger partial charge in [0.25, 0.3) is 17.7 Å². The van der Waals surface area contributed by atoms with Crippen molar-refractivity contribution in [2.45, 2.75) is 6.92 Å². The Morgan fingerprint density at radius 2 is 1.96 bits per heavy atom. The SMILES string of the molecule is Cc1ccccc1OCC(=O)Nc1noc(-c2ccc(F)cc2)n1. The summed E-state index contributed by atoms with van der Waals surface area (Å²) in [5.74, 6) is 0.0652. The Morgan fingerprint density at radius 1 is 1.21 bits per heavy atom. The number of halogens is 1. The Labute approximate surface area is 137 Å². The van der Waals surface area contributed by atoms with Crippen LogP contribution in [-0.2, 0) is 4.79 Å². The minimum Gasteiger partial charge on any atom is -0.483 e. The predicted molar refractivity (Wildman–Crippen MR) is 85.0 cm³/mol. The lowest BCUT2D eigenvalue weighted by atomic mass is 10.2. The van der Waals surface area contributed by atoms with E-state index in [1.165, 1.54) is 24.3 Å². The second-order valence-electron chi connectivity index (χ2n) is 5.03. The molecule has 0 atom stereocenters. The van der Waals surface area contributed by atoms with Gasteiger partial charge in [-0.05, 0) is 48.0 Å². The minimum absolute atomic E-state index is 0.0210. The lowest BCUT2D eigenvalue weighted by Crippen LogP contribution is -2.21. The number of ether oxygens (including phenoxy) is 1. The highest BCUT2D eigenvalue weighted by Gasteiger charge is 2.12. The van der Waals surface area contributed by atoms with Crippen molar-refractivity contribution >= 4 is 11.9 Å². The van der Waals surface area contributed by atoms with E-state index in [9.17, 15) is 9.18 Å². The quantitative estimate of drug-likeness (QED) is 0.778. The van der Waals surface area contributed by atoms with Crippen LogP contribution in [0.1, 0.15) is 5.56 Å². The molecule has 0 unspecified atom stereocenters. The number of hydrogen-bond donors (Lipinski definition) is 1. The Hall–Kier alpha value is -3.22. The summed E-state index contributed by atoms with van der Waals surface area (Å²) < 4.78 is 23.4. The molecule has 1 amide bonds. The van der Waals surface area contributed by atoms with Crippen LogP contribution < -0.4 is 10.1 Å². The van der Waals surface area contributed by atoms with E-state index in [4.69, 9.17) is 9.26 Å². The number of aromatic nitrogens is 2. The van der Waals surface area contributed by atoms with Gasteiger partial charge in [-0.2, -0.15) is 4.98 Å². The van der Waals surface area contributed by atoms with Crippen LogP contribution in [0.4, 0.5) is 10.3 Å². The third kappa shape index (κ3) is 3.75. The van der Waals surface area contributed by atoms with Crippen LogP contribution in [0.25, 0.3) is 11.5 Å². The zero-order valence-electron chi connectivity index (χ0n) is 12.8. The van der Waals surface area contributed by atoms with E-state index in [-0.39, 0.29) is 24.3 Å². The molecule has 1 aromatic heterocycles. The number of benzene rings is 2. The number of para-hydroxylation sites is 1. The zero-order valence-corrected chi connectivity index (χ0v) is 12.8. The van der Waals surface area contributed by atoms with E-state index in [1.807, 2.05) is 25.1 Å². The summed E-state index contributed by atoms with van der Waals surface area (Å²) in [7, 11) is 0. The molecule has 0 saturated carbocycles. The van der Waals surface area contributed by atoms with Gasteiger partial charge in [0.1, 0.15) is 11.6 Å². The number of anilines is 1. The number of amides is 1. The molecule has 3 rings (SSSR count). The molecule has 1 N–H and O–H groups in total. The average Bonchev–Trinajstić information content (AvgIpc) is 3.03. The van der Waals surface area contributed by atoms with Crippen molar-refractivity contribution in [2.75, 3.05) is 11.9 Å². The Morgan fingerprint density at radius 3 is 2.71 bits per heavy atom. The molecule has 0 radical (unpaired) electrons. The smallest absolute Gasteiger partial charge is 0.270 e. The zero-order chi connectivity index (χ0) is 16.9. The monoisotopic (exact) mass is 327 g/mol. The first-order valence-electron chi connectivity index (χ1n) is 7.20. The number of aryl methyl sites for hydroxylation is 1. The number of nitrogens with one attached hydrogen (secondary N) is 1. The van der Waals surface area contributed by atoms with E-state index < -0.39 is 5.91 Å². The lowest BCUT2D eigenvalue weighted by Gasteiger charge is -2.07. The standard InChI is InChI=1S/C17H14FN3O3/c1-11-4-2-3-5-14(11)23-10-15(22)19-17-20-16(24-21-17)12-6-8-13(18)9-7-12/h2-9H,10H2,1H3,(H,19,21,22). The second-order valence-corrected chi connectivity index (χ2v) is 5.03. The van der Waals surface area contributed by atoms with Gasteiger partial charge in [0.05, 0.1) is 0 Å². The highest BCUT2D eigenvalue weighted by Crippen LogP contribution is 2.19. The molecule has 7 heteroatoms. The first kappa shape index (κ1) is 15.7. The largest absolute Gasteiger partial charge is 0.483 e. The molecule has 2 aromatic carbocycles. The summed E-state index contributed by atoms with van der Waals surface area (Å²) in [5, 5.41) is 6.14. The molecular weight excluding hydrogens is 313 g/mol. The summed E-state index contributed by atoms with van der Waals surface area (Å²) in [5.41, 5.74) is 1.49. The summed E-state index contributed by atoms with van der Waals surface area (Å²) in [4.78, 5) is 15.9. The van der Waals surface area contributed by atoms with Gasteiger partial charge in [0.2, 0.25) is 0 Å². The number of rotatable bonds is 5. The lowest BCUT2D eigenvalue weighted by molar-refractivity contribution is -0.118. The van der Waals surface area contributed by atoms with Crippen LogP contribution in [0, 0.1) is 12.7 Å². The molecular formula is C17H14FN3O3. The minimum atomic E-state index is -0.412. The molecule has 0 fully saturated rings. The van der Waals surface area contributed by atoms with Crippen molar-refractivity contribution < 1.29 is 18.4 Å². The summed E-state index contributed by atoms with van der Waals surface area (Å²) >= 11 is 0. The van der Waals surface area contributed by atoms with Gasteiger partial charge >= 0.3 is 0 Å². The Bertz CT molecular complexity index is 846. The van der Waals surface area contributed by atoms with Gasteiger partial charge < -0.3 is 9.26 Å². The van der Waals surface area contributed by atoms with Crippen LogP contribution in [0.3, 0.4) is 0 Å². The van der Waals surface area contributed by atoms with Crippen molar-refractivity contribution in [1.82, 2.24) is 10.1 Å². The van der Waals surface area contributed by atoms with Crippen LogP contribution in [-0.4, -0.2) is 22.7 Å². The highest BCUT2D eigenvalue weighted by molar-refractivity contribution is 5.90. The molecule has 3 aromatic rings. The van der Waals surface area contributed by atoms with Gasteiger partial charge in [-0.25, -0.2) is 4.39 Å². The summed E-state index contributed by atoms with van der Waals surface area (Å²) in [6, 6.07) is 13.0. The maximum Gasteiger partial charge on any atom is 0.270 e. The highest BCUT2D eigenvalue weighted by atomic mass is 19.1. The van der Waals surface area contributed by atoms with E-state index in [0.717, 1.165) is 5.56 Å². The van der Waals surface area contributed by atoms with Crippen molar-refractivity contribution in [3.05, 3.63) is 59.9 Å². The van der Waals surface area contributed by atoms with Crippen molar-refractivity contribution in [1.29, 1.82) is 0 Å². The van der Waals surface area contributed by atoms with Crippen molar-refractivity contribution in [3.63, 3.8) is 0 Å². The average molecular weight is 327 g/mol. The van der Waals surface area contributed by atoms with Crippen LogP contribution in [0.5, 0.6) is 5.75 Å². The van der Waals surface area contributed by atoms with Gasteiger partial charge in [-0.1, -0.05) is 18.2 Å². The maximum absolute atomic E-state index is 12.9. The van der Waals surface area contributed by atoms with E-state index in [0.29, 0.717) is 11.3 Å². The first-order valence-corrected chi connectivity index (χ1v) is 7.20. The Kier molecular flexibility index (Phi) is 4.51. The molecule has 0 aliphatic rings. The second kappa shape index (κ2) is 6.91. The molecule has 0 aliphatic heterocycles. The first-order chi connectivity index (χ1) is 11.6. The fourth-order valence-electron chi connectivity index (χ4n) is 2.01. The van der Waals surface area contributed by atoms with E-state index in [1.54, 1.807) is 6.07 Å². The molecule has 0 saturated heterocycles. The fourth-order valence-corrected chi connectivity index (χ4v) is 2.01. The number of hydrogen-bond acceptors (Lipinski definition) is 5. The van der Waals surface area contributed by atoms with E-state index in [2.05, 4.69) is 15.5 Å².